The first-order valence-corrected chi connectivity index (χ1v) is 7.56. The molecule has 1 aromatic heterocycles. The molecule has 0 spiro atoms. The number of hydrogen-bond donors (Lipinski definition) is 1. The molecule has 3 rings (SSSR count). The van der Waals surface area contributed by atoms with Gasteiger partial charge in [0, 0.05) is 12.2 Å². The van der Waals surface area contributed by atoms with E-state index in [1.807, 2.05) is 24.3 Å². The number of rotatable bonds is 4. The van der Waals surface area contributed by atoms with Crippen LogP contribution in [0.15, 0.2) is 24.3 Å². The van der Waals surface area contributed by atoms with Crippen molar-refractivity contribution in [3.8, 4) is 17.1 Å². The maximum Gasteiger partial charge on any atom is 0.163 e. The Labute approximate surface area is 125 Å². The molecule has 0 atom stereocenters. The zero-order valence-electron chi connectivity index (χ0n) is 12.6. The van der Waals surface area contributed by atoms with Gasteiger partial charge in [-0.1, -0.05) is 25.5 Å². The van der Waals surface area contributed by atoms with E-state index in [0.29, 0.717) is 0 Å². The van der Waals surface area contributed by atoms with Crippen molar-refractivity contribution in [1.29, 1.82) is 0 Å². The van der Waals surface area contributed by atoms with E-state index in [-0.39, 0.29) is 0 Å². The topological polar surface area (TPSA) is 47.0 Å². The quantitative estimate of drug-likeness (QED) is 0.937. The highest BCUT2D eigenvalue weighted by molar-refractivity contribution is 5.64. The molecule has 2 aromatic rings. The van der Waals surface area contributed by atoms with Gasteiger partial charge in [-0.3, -0.25) is 0 Å². The number of para-hydroxylation sites is 1. The Morgan fingerprint density at radius 2 is 2.10 bits per heavy atom. The van der Waals surface area contributed by atoms with Crippen LogP contribution >= 0.6 is 0 Å². The second-order valence-electron chi connectivity index (χ2n) is 5.30. The number of aromatic nitrogens is 2. The Hall–Kier alpha value is -1.94. The van der Waals surface area contributed by atoms with Gasteiger partial charge < -0.3 is 10.1 Å². The van der Waals surface area contributed by atoms with Crippen LogP contribution in [0.25, 0.3) is 11.4 Å². The van der Waals surface area contributed by atoms with E-state index in [1.165, 1.54) is 11.3 Å². The molecule has 0 saturated heterocycles. The molecular formula is C17H21N3O. The van der Waals surface area contributed by atoms with Crippen molar-refractivity contribution in [3.63, 3.8) is 0 Å². The van der Waals surface area contributed by atoms with Crippen molar-refractivity contribution in [1.82, 2.24) is 15.3 Å². The molecule has 0 radical (unpaired) electrons. The smallest absolute Gasteiger partial charge is 0.163 e. The molecular weight excluding hydrogens is 262 g/mol. The lowest BCUT2D eigenvalue weighted by molar-refractivity contribution is 0.416. The Morgan fingerprint density at radius 1 is 1.24 bits per heavy atom. The van der Waals surface area contributed by atoms with Gasteiger partial charge in [0.25, 0.3) is 0 Å². The molecule has 1 aromatic carbocycles. The zero-order chi connectivity index (χ0) is 14.7. The third-order valence-corrected chi connectivity index (χ3v) is 3.86. The van der Waals surface area contributed by atoms with Gasteiger partial charge in [-0.2, -0.15) is 0 Å². The highest BCUT2D eigenvalue weighted by Crippen LogP contribution is 2.29. The van der Waals surface area contributed by atoms with Gasteiger partial charge in [0.1, 0.15) is 5.75 Å². The maximum atomic E-state index is 5.45. The van der Waals surface area contributed by atoms with Crippen LogP contribution in [0, 0.1) is 0 Å². The zero-order valence-corrected chi connectivity index (χ0v) is 12.6. The third-order valence-electron chi connectivity index (χ3n) is 3.86. The summed E-state index contributed by atoms with van der Waals surface area (Å²) < 4.78 is 5.45. The van der Waals surface area contributed by atoms with Gasteiger partial charge in [0.05, 0.1) is 18.4 Å². The molecule has 0 bridgehead atoms. The van der Waals surface area contributed by atoms with Crippen molar-refractivity contribution in [3.05, 3.63) is 41.2 Å². The van der Waals surface area contributed by atoms with E-state index in [4.69, 9.17) is 14.7 Å². The van der Waals surface area contributed by atoms with Crippen LogP contribution in [0.3, 0.4) is 0 Å². The monoisotopic (exact) mass is 283 g/mol. The summed E-state index contributed by atoms with van der Waals surface area (Å²) in [5.41, 5.74) is 4.64. The first-order valence-electron chi connectivity index (χ1n) is 7.56. The SMILES string of the molecule is CCCc1nc(-c2ccccc2OC)nc2c1CCNC2. The van der Waals surface area contributed by atoms with E-state index in [0.717, 1.165) is 55.2 Å². The molecule has 0 aliphatic carbocycles. The fourth-order valence-corrected chi connectivity index (χ4v) is 2.83. The van der Waals surface area contributed by atoms with Crippen LogP contribution in [-0.4, -0.2) is 23.6 Å². The number of methoxy groups -OCH3 is 1. The first-order chi connectivity index (χ1) is 10.3. The Kier molecular flexibility index (Phi) is 4.15. The highest BCUT2D eigenvalue weighted by Gasteiger charge is 2.18. The lowest BCUT2D eigenvalue weighted by atomic mass is 10.0. The molecule has 1 N–H and O–H groups in total. The molecule has 1 aliphatic rings. The van der Waals surface area contributed by atoms with E-state index < -0.39 is 0 Å². The van der Waals surface area contributed by atoms with Gasteiger partial charge in [-0.15, -0.1) is 0 Å². The second kappa shape index (κ2) is 6.22. The minimum Gasteiger partial charge on any atom is -0.496 e. The number of ether oxygens (including phenoxy) is 1. The van der Waals surface area contributed by atoms with Crippen molar-refractivity contribution >= 4 is 0 Å². The lowest BCUT2D eigenvalue weighted by Gasteiger charge is -2.20. The molecule has 4 nitrogen and oxygen atoms in total. The van der Waals surface area contributed by atoms with Crippen LogP contribution in [0.4, 0.5) is 0 Å². The summed E-state index contributed by atoms with van der Waals surface area (Å²) in [6.45, 7) is 4.04. The molecule has 4 heteroatoms. The lowest BCUT2D eigenvalue weighted by Crippen LogP contribution is -2.26. The van der Waals surface area contributed by atoms with Crippen LogP contribution < -0.4 is 10.1 Å². The van der Waals surface area contributed by atoms with E-state index in [9.17, 15) is 0 Å². The summed E-state index contributed by atoms with van der Waals surface area (Å²) in [6, 6.07) is 7.94. The third kappa shape index (κ3) is 2.76. The number of benzene rings is 1. The van der Waals surface area contributed by atoms with Gasteiger partial charge in [0.2, 0.25) is 0 Å². The van der Waals surface area contributed by atoms with Crippen LogP contribution in [-0.2, 0) is 19.4 Å². The molecule has 110 valence electrons. The standard InChI is InChI=1S/C17H21N3O/c1-3-6-14-12-9-10-18-11-15(12)20-17(19-14)13-7-4-5-8-16(13)21-2/h4-5,7-8,18H,3,6,9-11H2,1-2H3. The fraction of sp³-hybridized carbons (Fsp3) is 0.412. The summed E-state index contributed by atoms with van der Waals surface area (Å²) >= 11 is 0. The molecule has 0 fully saturated rings. The Balaban J connectivity index is 2.12. The van der Waals surface area contributed by atoms with Crippen LogP contribution in [0.1, 0.15) is 30.3 Å². The Morgan fingerprint density at radius 3 is 2.90 bits per heavy atom. The predicted molar refractivity (Wildman–Crippen MR) is 83.4 cm³/mol. The van der Waals surface area contributed by atoms with Gasteiger partial charge in [0.15, 0.2) is 5.82 Å². The maximum absolute atomic E-state index is 5.45. The molecule has 0 saturated carbocycles. The predicted octanol–water partition coefficient (Wildman–Crippen LogP) is 2.75. The molecule has 0 amide bonds. The summed E-state index contributed by atoms with van der Waals surface area (Å²) in [5.74, 6) is 1.60. The number of fused-ring (bicyclic) bond motifs is 1. The highest BCUT2D eigenvalue weighted by atomic mass is 16.5. The summed E-state index contributed by atoms with van der Waals surface area (Å²) in [6.07, 6.45) is 3.13. The summed E-state index contributed by atoms with van der Waals surface area (Å²) in [4.78, 5) is 9.62. The van der Waals surface area contributed by atoms with Gasteiger partial charge in [-0.25, -0.2) is 9.97 Å². The molecule has 1 aliphatic heterocycles. The number of nitrogens with one attached hydrogen (secondary N) is 1. The minimum atomic E-state index is 0.776. The fourth-order valence-electron chi connectivity index (χ4n) is 2.83. The van der Waals surface area contributed by atoms with E-state index in [1.54, 1.807) is 7.11 Å². The van der Waals surface area contributed by atoms with E-state index in [2.05, 4.69) is 12.2 Å². The van der Waals surface area contributed by atoms with Gasteiger partial charge >= 0.3 is 0 Å². The summed E-state index contributed by atoms with van der Waals surface area (Å²) in [5, 5.41) is 3.40. The second-order valence-corrected chi connectivity index (χ2v) is 5.30. The first kappa shape index (κ1) is 14.0. The molecule has 0 unspecified atom stereocenters. The van der Waals surface area contributed by atoms with Gasteiger partial charge in [-0.05, 0) is 37.1 Å². The van der Waals surface area contributed by atoms with Crippen LogP contribution in [0.2, 0.25) is 0 Å². The average Bonchev–Trinajstić information content (AvgIpc) is 2.55. The minimum absolute atomic E-state index is 0.776. The van der Waals surface area contributed by atoms with Crippen molar-refractivity contribution < 1.29 is 4.74 Å². The van der Waals surface area contributed by atoms with E-state index >= 15 is 0 Å². The number of nitrogens with zero attached hydrogens (tertiary/aromatic N) is 2. The molecule has 21 heavy (non-hydrogen) atoms. The van der Waals surface area contributed by atoms with Crippen molar-refractivity contribution in [2.75, 3.05) is 13.7 Å². The Bertz CT molecular complexity index is 640. The number of hydrogen-bond acceptors (Lipinski definition) is 4. The van der Waals surface area contributed by atoms with Crippen molar-refractivity contribution in [2.24, 2.45) is 0 Å². The average molecular weight is 283 g/mol. The van der Waals surface area contributed by atoms with Crippen LogP contribution in [0.5, 0.6) is 5.75 Å². The normalized spacial score (nSPS) is 13.8. The number of aryl methyl sites for hydroxylation is 1. The summed E-state index contributed by atoms with van der Waals surface area (Å²) in [7, 11) is 1.69. The molecule has 2 heterocycles. The largest absolute Gasteiger partial charge is 0.496 e. The van der Waals surface area contributed by atoms with Crippen molar-refractivity contribution in [2.45, 2.75) is 32.7 Å².